The lowest BCUT2D eigenvalue weighted by molar-refractivity contribution is -0.148. The van der Waals surface area contributed by atoms with Gasteiger partial charge in [0, 0.05) is 24.7 Å². The maximum atomic E-state index is 13.7. The predicted octanol–water partition coefficient (Wildman–Crippen LogP) is 4.41. The molecule has 3 aromatic rings. The molecule has 7 heteroatoms. The molecule has 0 aliphatic carbocycles. The number of anilines is 1. The summed E-state index contributed by atoms with van der Waals surface area (Å²) in [6, 6.07) is 14.6. The number of carbonyl (C=O) groups excluding carboxylic acids is 1. The van der Waals surface area contributed by atoms with E-state index < -0.39 is 9.84 Å². The van der Waals surface area contributed by atoms with Crippen LogP contribution in [-0.2, 0) is 25.8 Å². The minimum absolute atomic E-state index is 0.152. The van der Waals surface area contributed by atoms with Crippen molar-refractivity contribution in [3.05, 3.63) is 60.3 Å². The second kappa shape index (κ2) is 9.28. The van der Waals surface area contributed by atoms with Crippen molar-refractivity contribution < 1.29 is 17.9 Å². The predicted molar refractivity (Wildman–Crippen MR) is 125 cm³/mol. The molecule has 0 spiro atoms. The van der Waals surface area contributed by atoms with Crippen LogP contribution in [0.4, 0.5) is 5.69 Å². The maximum absolute atomic E-state index is 13.7. The van der Waals surface area contributed by atoms with E-state index in [2.05, 4.69) is 9.88 Å². The summed E-state index contributed by atoms with van der Waals surface area (Å²) in [5.74, 6) is -0.323. The van der Waals surface area contributed by atoms with Gasteiger partial charge in [-0.1, -0.05) is 37.3 Å². The van der Waals surface area contributed by atoms with Gasteiger partial charge in [0.05, 0.1) is 28.6 Å². The van der Waals surface area contributed by atoms with Crippen molar-refractivity contribution in [2.75, 3.05) is 24.6 Å². The molecule has 1 aliphatic rings. The number of nitrogens with zero attached hydrogens (tertiary/aromatic N) is 2. The third-order valence-corrected chi connectivity index (χ3v) is 7.85. The normalized spacial score (nSPS) is 15.1. The third kappa shape index (κ3) is 4.21. The first kappa shape index (κ1) is 22.3. The molecule has 0 unspecified atom stereocenters. The van der Waals surface area contributed by atoms with Crippen LogP contribution in [0.15, 0.2) is 64.5 Å². The van der Waals surface area contributed by atoms with Crippen LogP contribution < -0.4 is 4.90 Å². The van der Waals surface area contributed by atoms with Crippen molar-refractivity contribution >= 4 is 32.4 Å². The first-order valence-electron chi connectivity index (χ1n) is 11.1. The van der Waals surface area contributed by atoms with E-state index in [1.807, 2.05) is 43.3 Å². The van der Waals surface area contributed by atoms with Gasteiger partial charge in [0.1, 0.15) is 4.90 Å². The summed E-state index contributed by atoms with van der Waals surface area (Å²) in [6.45, 7) is 5.37. The van der Waals surface area contributed by atoms with Crippen LogP contribution in [0.1, 0.15) is 32.3 Å². The fourth-order valence-electron chi connectivity index (χ4n) is 4.26. The van der Waals surface area contributed by atoms with Gasteiger partial charge in [0.2, 0.25) is 9.84 Å². The van der Waals surface area contributed by atoms with Crippen LogP contribution >= 0.6 is 0 Å². The lowest BCUT2D eigenvalue weighted by atomic mass is 9.96. The van der Waals surface area contributed by atoms with Crippen molar-refractivity contribution in [1.29, 1.82) is 0 Å². The fourth-order valence-corrected chi connectivity index (χ4v) is 5.69. The number of esters is 1. The number of aromatic nitrogens is 1. The largest absolute Gasteiger partial charge is 0.466 e. The Bertz CT molecular complexity index is 1210. The van der Waals surface area contributed by atoms with Crippen LogP contribution in [0.5, 0.6) is 0 Å². The highest BCUT2D eigenvalue weighted by Gasteiger charge is 2.31. The molecule has 2 heterocycles. The third-order valence-electron chi connectivity index (χ3n) is 6.08. The van der Waals surface area contributed by atoms with Gasteiger partial charge in [0.15, 0.2) is 0 Å². The average molecular weight is 453 g/mol. The van der Waals surface area contributed by atoms with Gasteiger partial charge >= 0.3 is 5.97 Å². The lowest BCUT2D eigenvalue weighted by Crippen LogP contribution is -2.37. The first-order chi connectivity index (χ1) is 15.5. The number of rotatable bonds is 6. The van der Waals surface area contributed by atoms with E-state index in [9.17, 15) is 13.2 Å². The molecule has 1 fully saturated rings. The standard InChI is InChI=1S/C25H28N2O4S/c1-3-18-9-11-20(12-10-18)32(29,30)23-17-26-22-8-6-5-7-21(22)24(23)27-15-13-19(14-16-27)25(28)31-4-2/h5-12,17,19H,3-4,13-16H2,1-2H3. The van der Waals surface area contributed by atoms with Gasteiger partial charge in [-0.15, -0.1) is 0 Å². The molecule has 0 atom stereocenters. The molecule has 0 bridgehead atoms. The number of pyridine rings is 1. The molecule has 6 nitrogen and oxygen atoms in total. The number of para-hydroxylation sites is 1. The quantitative estimate of drug-likeness (QED) is 0.516. The zero-order valence-corrected chi connectivity index (χ0v) is 19.3. The van der Waals surface area contributed by atoms with E-state index in [0.717, 1.165) is 22.9 Å². The highest BCUT2D eigenvalue weighted by molar-refractivity contribution is 7.91. The molecule has 32 heavy (non-hydrogen) atoms. The Morgan fingerprint density at radius 2 is 1.75 bits per heavy atom. The molecule has 0 amide bonds. The topological polar surface area (TPSA) is 76.6 Å². The second-order valence-electron chi connectivity index (χ2n) is 8.00. The number of fused-ring (bicyclic) bond motifs is 1. The SMILES string of the molecule is CCOC(=O)C1CCN(c2c(S(=O)(=O)c3ccc(CC)cc3)cnc3ccccc23)CC1. The molecule has 168 valence electrons. The van der Waals surface area contributed by atoms with E-state index >= 15 is 0 Å². The Balaban J connectivity index is 1.76. The van der Waals surface area contributed by atoms with Crippen LogP contribution in [0.3, 0.4) is 0 Å². The average Bonchev–Trinajstić information content (AvgIpc) is 2.83. The zero-order chi connectivity index (χ0) is 22.7. The van der Waals surface area contributed by atoms with E-state index in [0.29, 0.717) is 38.2 Å². The smallest absolute Gasteiger partial charge is 0.309 e. The summed E-state index contributed by atoms with van der Waals surface area (Å²) >= 11 is 0. The number of benzene rings is 2. The number of piperidine rings is 1. The number of sulfone groups is 1. The van der Waals surface area contributed by atoms with Crippen molar-refractivity contribution in [1.82, 2.24) is 4.98 Å². The molecule has 0 radical (unpaired) electrons. The van der Waals surface area contributed by atoms with Crippen LogP contribution in [0.2, 0.25) is 0 Å². The number of ether oxygens (including phenoxy) is 1. The minimum Gasteiger partial charge on any atom is -0.466 e. The number of aryl methyl sites for hydroxylation is 1. The van der Waals surface area contributed by atoms with Crippen molar-refractivity contribution in [3.8, 4) is 0 Å². The Morgan fingerprint density at radius 3 is 2.41 bits per heavy atom. The molecule has 1 saturated heterocycles. The van der Waals surface area contributed by atoms with Crippen molar-refractivity contribution in [3.63, 3.8) is 0 Å². The van der Waals surface area contributed by atoms with E-state index in [-0.39, 0.29) is 21.7 Å². The summed E-state index contributed by atoms with van der Waals surface area (Å²) in [6.07, 6.45) is 3.57. The van der Waals surface area contributed by atoms with Crippen LogP contribution in [0, 0.1) is 5.92 Å². The Kier molecular flexibility index (Phi) is 6.46. The molecule has 0 saturated carbocycles. The van der Waals surface area contributed by atoms with Gasteiger partial charge in [0.25, 0.3) is 0 Å². The van der Waals surface area contributed by atoms with E-state index in [4.69, 9.17) is 4.74 Å². The summed E-state index contributed by atoms with van der Waals surface area (Å²) in [7, 11) is -3.77. The monoisotopic (exact) mass is 452 g/mol. The van der Waals surface area contributed by atoms with Crippen molar-refractivity contribution in [2.24, 2.45) is 5.92 Å². The van der Waals surface area contributed by atoms with Gasteiger partial charge < -0.3 is 9.64 Å². The minimum atomic E-state index is -3.77. The molecule has 2 aromatic carbocycles. The van der Waals surface area contributed by atoms with Gasteiger partial charge in [-0.25, -0.2) is 8.42 Å². The van der Waals surface area contributed by atoms with Crippen molar-refractivity contribution in [2.45, 2.75) is 42.9 Å². The summed E-state index contributed by atoms with van der Waals surface area (Å²) in [4.78, 5) is 19.2. The van der Waals surface area contributed by atoms with E-state index in [1.165, 1.54) is 6.20 Å². The molecule has 1 aliphatic heterocycles. The molecule has 1 aromatic heterocycles. The highest BCUT2D eigenvalue weighted by Crippen LogP contribution is 2.37. The number of hydrogen-bond acceptors (Lipinski definition) is 6. The summed E-state index contributed by atoms with van der Waals surface area (Å²) in [5.41, 5.74) is 2.50. The Hall–Kier alpha value is -2.93. The van der Waals surface area contributed by atoms with Gasteiger partial charge in [-0.3, -0.25) is 9.78 Å². The molecule has 0 N–H and O–H groups in total. The fraction of sp³-hybridized carbons (Fsp3) is 0.360. The second-order valence-corrected chi connectivity index (χ2v) is 9.92. The molecule has 4 rings (SSSR count). The first-order valence-corrected chi connectivity index (χ1v) is 12.6. The Morgan fingerprint density at radius 1 is 1.06 bits per heavy atom. The van der Waals surface area contributed by atoms with Crippen LogP contribution in [-0.4, -0.2) is 39.1 Å². The Labute approximate surface area is 189 Å². The van der Waals surface area contributed by atoms with Gasteiger partial charge in [-0.2, -0.15) is 0 Å². The molecular weight excluding hydrogens is 424 g/mol. The zero-order valence-electron chi connectivity index (χ0n) is 18.5. The number of hydrogen-bond donors (Lipinski definition) is 0. The van der Waals surface area contributed by atoms with Crippen LogP contribution in [0.25, 0.3) is 10.9 Å². The summed E-state index contributed by atoms with van der Waals surface area (Å²) in [5, 5.41) is 0.799. The van der Waals surface area contributed by atoms with E-state index in [1.54, 1.807) is 19.1 Å². The highest BCUT2D eigenvalue weighted by atomic mass is 32.2. The molecular formula is C25H28N2O4S. The number of carbonyl (C=O) groups is 1. The lowest BCUT2D eigenvalue weighted by Gasteiger charge is -2.34. The summed E-state index contributed by atoms with van der Waals surface area (Å²) < 4.78 is 32.5. The maximum Gasteiger partial charge on any atom is 0.309 e. The van der Waals surface area contributed by atoms with Gasteiger partial charge in [-0.05, 0) is 49.9 Å².